The first-order valence-corrected chi connectivity index (χ1v) is 7.37. The van der Waals surface area contributed by atoms with E-state index in [9.17, 15) is 5.26 Å². The van der Waals surface area contributed by atoms with Crippen molar-refractivity contribution < 1.29 is 0 Å². The third-order valence-corrected chi connectivity index (χ3v) is 3.59. The topological polar surface area (TPSA) is 57.7 Å². The number of rotatable bonds is 4. The van der Waals surface area contributed by atoms with E-state index in [-0.39, 0.29) is 0 Å². The molecule has 0 saturated heterocycles. The lowest BCUT2D eigenvalue weighted by Crippen LogP contribution is -2.18. The second-order valence-corrected chi connectivity index (χ2v) is 5.45. The van der Waals surface area contributed by atoms with Crippen LogP contribution in [0.5, 0.6) is 0 Å². The second-order valence-electron chi connectivity index (χ2n) is 5.45. The highest BCUT2D eigenvalue weighted by molar-refractivity contribution is 5.50. The van der Waals surface area contributed by atoms with E-state index >= 15 is 0 Å². The highest BCUT2D eigenvalue weighted by Crippen LogP contribution is 2.18. The molecule has 3 rings (SSSR count). The molecule has 2 aromatic carbocycles. The molecule has 0 N–H and O–H groups in total. The molecule has 0 aliphatic heterocycles. The third-order valence-electron chi connectivity index (χ3n) is 3.59. The first kappa shape index (κ1) is 14.8. The van der Waals surface area contributed by atoms with Crippen LogP contribution in [0.1, 0.15) is 16.8 Å². The van der Waals surface area contributed by atoms with E-state index in [4.69, 9.17) is 0 Å². The molecule has 0 saturated carbocycles. The van der Waals surface area contributed by atoms with Crippen molar-refractivity contribution in [3.63, 3.8) is 0 Å². The van der Waals surface area contributed by atoms with E-state index in [0.29, 0.717) is 18.1 Å². The molecule has 5 nitrogen and oxygen atoms in total. The molecule has 0 radical (unpaired) electrons. The van der Waals surface area contributed by atoms with Crippen LogP contribution in [0.25, 0.3) is 5.69 Å². The molecule has 0 atom stereocenters. The minimum atomic E-state index is 0.323. The highest BCUT2D eigenvalue weighted by Gasteiger charge is 2.16. The summed E-state index contributed by atoms with van der Waals surface area (Å²) < 4.78 is 0. The first-order chi connectivity index (χ1) is 11.2. The maximum absolute atomic E-state index is 9.35. The predicted molar refractivity (Wildman–Crippen MR) is 89.4 cm³/mol. The van der Waals surface area contributed by atoms with Gasteiger partial charge in [-0.15, -0.1) is 15.0 Å². The second kappa shape index (κ2) is 6.32. The van der Waals surface area contributed by atoms with Crippen LogP contribution in [0.2, 0.25) is 0 Å². The summed E-state index contributed by atoms with van der Waals surface area (Å²) in [5, 5.41) is 18.1. The molecular weight excluding hydrogens is 286 g/mol. The first-order valence-electron chi connectivity index (χ1n) is 7.37. The van der Waals surface area contributed by atoms with Crippen LogP contribution in [0, 0.1) is 18.3 Å². The van der Waals surface area contributed by atoms with Crippen molar-refractivity contribution in [2.24, 2.45) is 0 Å². The zero-order chi connectivity index (χ0) is 16.2. The number of nitrogens with zero attached hydrogens (tertiary/aromatic N) is 5. The molecule has 1 aromatic heterocycles. The molecule has 114 valence electrons. The number of hydrogen-bond acceptors (Lipinski definition) is 4. The van der Waals surface area contributed by atoms with Crippen LogP contribution in [-0.2, 0) is 6.54 Å². The fourth-order valence-electron chi connectivity index (χ4n) is 2.35. The molecule has 0 unspecified atom stereocenters. The summed E-state index contributed by atoms with van der Waals surface area (Å²) in [6.07, 6.45) is 0. The van der Waals surface area contributed by atoms with Gasteiger partial charge in [-0.05, 0) is 24.6 Å². The molecule has 5 heteroatoms. The Labute approximate surface area is 135 Å². The van der Waals surface area contributed by atoms with Crippen LogP contribution in [0.3, 0.4) is 0 Å². The number of aryl methyl sites for hydroxylation is 1. The molecule has 0 aliphatic rings. The standard InChI is InChI=1S/C18H17N5/c1-14-8-10-16(11-9-14)23-20-17(12-19)18(21-23)22(2)13-15-6-4-3-5-7-15/h3-11H,13H2,1-2H3. The van der Waals surface area contributed by atoms with Crippen LogP contribution in [0.15, 0.2) is 54.6 Å². The lowest BCUT2D eigenvalue weighted by molar-refractivity contribution is 0.742. The molecule has 3 aromatic rings. The molecule has 0 spiro atoms. The summed E-state index contributed by atoms with van der Waals surface area (Å²) in [5.41, 5.74) is 3.49. The van der Waals surface area contributed by atoms with E-state index in [1.54, 1.807) is 0 Å². The number of hydrogen-bond donors (Lipinski definition) is 0. The van der Waals surface area contributed by atoms with Gasteiger partial charge in [0.2, 0.25) is 5.69 Å². The zero-order valence-electron chi connectivity index (χ0n) is 13.1. The van der Waals surface area contributed by atoms with Crippen molar-refractivity contribution in [1.82, 2.24) is 15.0 Å². The number of anilines is 1. The predicted octanol–water partition coefficient (Wildman–Crippen LogP) is 3.08. The number of nitriles is 1. The van der Waals surface area contributed by atoms with Gasteiger partial charge in [-0.2, -0.15) is 5.26 Å². The summed E-state index contributed by atoms with van der Waals surface area (Å²) in [5.74, 6) is 0.580. The minimum absolute atomic E-state index is 0.323. The van der Waals surface area contributed by atoms with E-state index in [2.05, 4.69) is 16.3 Å². The van der Waals surface area contributed by atoms with Crippen molar-refractivity contribution in [3.05, 3.63) is 71.4 Å². The van der Waals surface area contributed by atoms with Gasteiger partial charge in [-0.3, -0.25) is 0 Å². The van der Waals surface area contributed by atoms with Gasteiger partial charge in [-0.1, -0.05) is 48.0 Å². The van der Waals surface area contributed by atoms with Gasteiger partial charge in [0.05, 0.1) is 5.69 Å². The fraction of sp³-hybridized carbons (Fsp3) is 0.167. The Morgan fingerprint density at radius 2 is 1.74 bits per heavy atom. The van der Waals surface area contributed by atoms with E-state index in [1.807, 2.05) is 73.5 Å². The van der Waals surface area contributed by atoms with Crippen LogP contribution >= 0.6 is 0 Å². The SMILES string of the molecule is Cc1ccc(-n2nc(C#N)c(N(C)Cc3ccccc3)n2)cc1. The Morgan fingerprint density at radius 1 is 1.04 bits per heavy atom. The molecular formula is C18H17N5. The van der Waals surface area contributed by atoms with Crippen molar-refractivity contribution in [1.29, 1.82) is 5.26 Å². The van der Waals surface area contributed by atoms with E-state index in [1.165, 1.54) is 10.4 Å². The van der Waals surface area contributed by atoms with Crippen molar-refractivity contribution in [2.75, 3.05) is 11.9 Å². The molecule has 0 fully saturated rings. The highest BCUT2D eigenvalue weighted by atomic mass is 15.5. The maximum atomic E-state index is 9.35. The smallest absolute Gasteiger partial charge is 0.207 e. The van der Waals surface area contributed by atoms with E-state index in [0.717, 1.165) is 11.3 Å². The molecule has 23 heavy (non-hydrogen) atoms. The molecule has 1 heterocycles. The van der Waals surface area contributed by atoms with Gasteiger partial charge >= 0.3 is 0 Å². The zero-order valence-corrected chi connectivity index (χ0v) is 13.1. The number of aromatic nitrogens is 3. The van der Waals surface area contributed by atoms with Crippen molar-refractivity contribution in [3.8, 4) is 11.8 Å². The third kappa shape index (κ3) is 3.22. The fourth-order valence-corrected chi connectivity index (χ4v) is 2.35. The van der Waals surface area contributed by atoms with Crippen molar-refractivity contribution in [2.45, 2.75) is 13.5 Å². The summed E-state index contributed by atoms with van der Waals surface area (Å²) >= 11 is 0. The Hall–Kier alpha value is -3.13. The largest absolute Gasteiger partial charge is 0.351 e. The Kier molecular flexibility index (Phi) is 4.07. The lowest BCUT2D eigenvalue weighted by atomic mass is 10.2. The Balaban J connectivity index is 1.90. The minimum Gasteiger partial charge on any atom is -0.351 e. The van der Waals surface area contributed by atoms with Gasteiger partial charge in [0.15, 0.2) is 5.82 Å². The van der Waals surface area contributed by atoms with Gasteiger partial charge < -0.3 is 4.90 Å². The normalized spacial score (nSPS) is 10.3. The average molecular weight is 303 g/mol. The molecule has 0 amide bonds. The number of benzene rings is 2. The van der Waals surface area contributed by atoms with Crippen LogP contribution < -0.4 is 4.90 Å². The van der Waals surface area contributed by atoms with Crippen molar-refractivity contribution >= 4 is 5.82 Å². The van der Waals surface area contributed by atoms with Gasteiger partial charge in [0.1, 0.15) is 6.07 Å². The van der Waals surface area contributed by atoms with Gasteiger partial charge in [0.25, 0.3) is 0 Å². The summed E-state index contributed by atoms with van der Waals surface area (Å²) in [4.78, 5) is 3.44. The maximum Gasteiger partial charge on any atom is 0.207 e. The van der Waals surface area contributed by atoms with Crippen LogP contribution in [0.4, 0.5) is 5.82 Å². The molecule has 0 bridgehead atoms. The summed E-state index contributed by atoms with van der Waals surface area (Å²) in [7, 11) is 1.91. The lowest BCUT2D eigenvalue weighted by Gasteiger charge is -2.15. The van der Waals surface area contributed by atoms with E-state index < -0.39 is 0 Å². The quantitative estimate of drug-likeness (QED) is 0.743. The average Bonchev–Trinajstić information content (AvgIpc) is 3.01. The Bertz CT molecular complexity index is 828. The Morgan fingerprint density at radius 3 is 2.39 bits per heavy atom. The molecule has 0 aliphatic carbocycles. The summed E-state index contributed by atoms with van der Waals surface area (Å²) in [6.45, 7) is 2.70. The van der Waals surface area contributed by atoms with Crippen LogP contribution in [-0.4, -0.2) is 22.0 Å². The summed E-state index contributed by atoms with van der Waals surface area (Å²) in [6, 6.07) is 20.1. The monoisotopic (exact) mass is 303 g/mol. The van der Waals surface area contributed by atoms with Gasteiger partial charge in [0, 0.05) is 13.6 Å². The van der Waals surface area contributed by atoms with Gasteiger partial charge in [-0.25, -0.2) is 0 Å².